The van der Waals surface area contributed by atoms with Crippen molar-refractivity contribution in [2.24, 2.45) is 4.99 Å². The SMILES string of the molecule is CCCCCCCCOc1ccc(N=Cc2ccc(-c3cccs3)s2)cc1. The summed E-state index contributed by atoms with van der Waals surface area (Å²) < 4.78 is 5.83. The molecule has 0 atom stereocenters. The Kier molecular flexibility index (Phi) is 8.12. The maximum atomic E-state index is 5.83. The Morgan fingerprint density at radius 2 is 1.70 bits per heavy atom. The summed E-state index contributed by atoms with van der Waals surface area (Å²) in [5, 5.41) is 2.11. The molecule has 0 bridgehead atoms. The third-order valence-corrected chi connectivity index (χ3v) is 6.42. The minimum absolute atomic E-state index is 0.801. The lowest BCUT2D eigenvalue weighted by atomic mass is 10.1. The van der Waals surface area contributed by atoms with Gasteiger partial charge in [-0.3, -0.25) is 4.99 Å². The number of hydrogen-bond donors (Lipinski definition) is 0. The highest BCUT2D eigenvalue weighted by Crippen LogP contribution is 2.31. The fourth-order valence-electron chi connectivity index (χ4n) is 2.81. The number of rotatable bonds is 11. The first kappa shape index (κ1) is 19.8. The number of hydrogen-bond acceptors (Lipinski definition) is 4. The molecule has 2 nitrogen and oxygen atoms in total. The average molecular weight is 398 g/mol. The zero-order valence-electron chi connectivity index (χ0n) is 15.9. The van der Waals surface area contributed by atoms with Gasteiger partial charge in [-0.15, -0.1) is 22.7 Å². The van der Waals surface area contributed by atoms with Crippen LogP contribution in [0.4, 0.5) is 5.69 Å². The molecular formula is C23H27NOS2. The van der Waals surface area contributed by atoms with Gasteiger partial charge in [0.2, 0.25) is 0 Å². The maximum Gasteiger partial charge on any atom is 0.119 e. The molecule has 142 valence electrons. The van der Waals surface area contributed by atoms with Gasteiger partial charge in [-0.25, -0.2) is 0 Å². The van der Waals surface area contributed by atoms with Crippen molar-refractivity contribution in [3.63, 3.8) is 0 Å². The molecule has 0 saturated carbocycles. The number of ether oxygens (including phenoxy) is 1. The highest BCUT2D eigenvalue weighted by molar-refractivity contribution is 7.22. The summed E-state index contributed by atoms with van der Waals surface area (Å²) >= 11 is 3.54. The first-order valence-electron chi connectivity index (χ1n) is 9.76. The minimum atomic E-state index is 0.801. The molecule has 0 aliphatic heterocycles. The molecular weight excluding hydrogens is 370 g/mol. The molecule has 2 aromatic heterocycles. The molecule has 0 radical (unpaired) electrons. The normalized spacial score (nSPS) is 11.3. The third-order valence-electron chi connectivity index (χ3n) is 4.34. The van der Waals surface area contributed by atoms with E-state index in [1.54, 1.807) is 22.7 Å². The summed E-state index contributed by atoms with van der Waals surface area (Å²) in [6.07, 6.45) is 9.65. The predicted molar refractivity (Wildman–Crippen MR) is 120 cm³/mol. The van der Waals surface area contributed by atoms with Crippen molar-refractivity contribution >= 4 is 34.6 Å². The molecule has 0 N–H and O–H groups in total. The molecule has 0 unspecified atom stereocenters. The number of aliphatic imine (C=N–C) groups is 1. The average Bonchev–Trinajstić information content (AvgIpc) is 3.38. The van der Waals surface area contributed by atoms with Gasteiger partial charge in [-0.05, 0) is 54.3 Å². The van der Waals surface area contributed by atoms with Crippen LogP contribution in [0.5, 0.6) is 5.75 Å². The zero-order chi connectivity index (χ0) is 18.7. The number of unbranched alkanes of at least 4 members (excludes halogenated alkanes) is 5. The van der Waals surface area contributed by atoms with Crippen molar-refractivity contribution in [2.45, 2.75) is 45.4 Å². The van der Waals surface area contributed by atoms with Crippen LogP contribution in [-0.2, 0) is 0 Å². The molecule has 0 fully saturated rings. The molecule has 0 saturated heterocycles. The van der Waals surface area contributed by atoms with Crippen LogP contribution in [0.3, 0.4) is 0 Å². The second kappa shape index (κ2) is 11.1. The zero-order valence-corrected chi connectivity index (χ0v) is 17.5. The Balaban J connectivity index is 1.43. The van der Waals surface area contributed by atoms with Crippen LogP contribution in [0.15, 0.2) is 58.9 Å². The highest BCUT2D eigenvalue weighted by Gasteiger charge is 2.02. The van der Waals surface area contributed by atoms with Crippen molar-refractivity contribution in [1.82, 2.24) is 0 Å². The second-order valence-corrected chi connectivity index (χ2v) is 8.61. The Morgan fingerprint density at radius 3 is 2.48 bits per heavy atom. The standard InChI is InChI=1S/C23H27NOS2/c1-2-3-4-5-6-7-16-25-20-12-10-19(11-13-20)24-18-21-14-15-23(27-21)22-9-8-17-26-22/h8-15,17-18H,2-7,16H2,1H3. The van der Waals surface area contributed by atoms with E-state index in [-0.39, 0.29) is 0 Å². The lowest BCUT2D eigenvalue weighted by Crippen LogP contribution is -1.96. The van der Waals surface area contributed by atoms with Crippen molar-refractivity contribution in [2.75, 3.05) is 6.61 Å². The van der Waals surface area contributed by atoms with Gasteiger partial charge in [-0.1, -0.05) is 45.1 Å². The van der Waals surface area contributed by atoms with Crippen LogP contribution in [0.25, 0.3) is 9.75 Å². The smallest absolute Gasteiger partial charge is 0.119 e. The van der Waals surface area contributed by atoms with Crippen LogP contribution in [0, 0.1) is 0 Å². The van der Waals surface area contributed by atoms with E-state index in [9.17, 15) is 0 Å². The van der Waals surface area contributed by atoms with Crippen molar-refractivity contribution in [3.05, 3.63) is 58.8 Å². The molecule has 4 heteroatoms. The first-order valence-corrected chi connectivity index (χ1v) is 11.5. The van der Waals surface area contributed by atoms with Gasteiger partial charge >= 0.3 is 0 Å². The van der Waals surface area contributed by atoms with Crippen LogP contribution in [0.2, 0.25) is 0 Å². The Labute approximate surface area is 170 Å². The van der Waals surface area contributed by atoms with Gasteiger partial charge in [0.25, 0.3) is 0 Å². The van der Waals surface area contributed by atoms with Crippen LogP contribution >= 0.6 is 22.7 Å². The molecule has 2 heterocycles. The van der Waals surface area contributed by atoms with Crippen LogP contribution < -0.4 is 4.74 Å². The van der Waals surface area contributed by atoms with E-state index in [0.29, 0.717) is 0 Å². The molecule has 0 aliphatic rings. The Morgan fingerprint density at radius 1 is 0.889 bits per heavy atom. The van der Waals surface area contributed by atoms with Crippen molar-refractivity contribution in [1.29, 1.82) is 0 Å². The van der Waals surface area contributed by atoms with Crippen LogP contribution in [-0.4, -0.2) is 12.8 Å². The van der Waals surface area contributed by atoms with Gasteiger partial charge in [0, 0.05) is 20.8 Å². The molecule has 3 aromatic rings. The van der Waals surface area contributed by atoms with Gasteiger partial charge in [0.15, 0.2) is 0 Å². The van der Waals surface area contributed by atoms with Crippen LogP contribution in [0.1, 0.15) is 50.3 Å². The van der Waals surface area contributed by atoms with E-state index in [0.717, 1.165) is 24.5 Å². The summed E-state index contributed by atoms with van der Waals surface area (Å²) in [5.41, 5.74) is 0.952. The summed E-state index contributed by atoms with van der Waals surface area (Å²) in [5.74, 6) is 0.929. The molecule has 0 amide bonds. The van der Waals surface area contributed by atoms with E-state index in [4.69, 9.17) is 4.74 Å². The summed E-state index contributed by atoms with van der Waals surface area (Å²) in [4.78, 5) is 8.36. The van der Waals surface area contributed by atoms with Crippen molar-refractivity contribution in [3.8, 4) is 15.5 Å². The van der Waals surface area contributed by atoms with Gasteiger partial charge in [0.1, 0.15) is 5.75 Å². The summed E-state index contributed by atoms with van der Waals surface area (Å²) in [7, 11) is 0. The van der Waals surface area contributed by atoms with Gasteiger partial charge in [-0.2, -0.15) is 0 Å². The van der Waals surface area contributed by atoms with E-state index < -0.39 is 0 Å². The lowest BCUT2D eigenvalue weighted by molar-refractivity contribution is 0.304. The quantitative estimate of drug-likeness (QED) is 0.237. The van der Waals surface area contributed by atoms with E-state index >= 15 is 0 Å². The first-order chi connectivity index (χ1) is 13.3. The third kappa shape index (κ3) is 6.64. The summed E-state index contributed by atoms with van der Waals surface area (Å²) in [6, 6.07) is 16.6. The topological polar surface area (TPSA) is 21.6 Å². The molecule has 0 spiro atoms. The molecule has 1 aromatic carbocycles. The predicted octanol–water partition coefficient (Wildman–Crippen LogP) is 7.97. The Hall–Kier alpha value is -1.91. The molecule has 3 rings (SSSR count). The largest absolute Gasteiger partial charge is 0.494 e. The van der Waals surface area contributed by atoms with Gasteiger partial charge < -0.3 is 4.74 Å². The molecule has 0 aliphatic carbocycles. The minimum Gasteiger partial charge on any atom is -0.494 e. The van der Waals surface area contributed by atoms with E-state index in [1.807, 2.05) is 30.5 Å². The fraction of sp³-hybridized carbons (Fsp3) is 0.348. The monoisotopic (exact) mass is 397 g/mol. The van der Waals surface area contributed by atoms with Crippen molar-refractivity contribution < 1.29 is 4.74 Å². The lowest BCUT2D eigenvalue weighted by Gasteiger charge is -2.06. The second-order valence-electron chi connectivity index (χ2n) is 6.55. The maximum absolute atomic E-state index is 5.83. The summed E-state index contributed by atoms with van der Waals surface area (Å²) in [6.45, 7) is 3.05. The van der Waals surface area contributed by atoms with Gasteiger partial charge in [0.05, 0.1) is 12.3 Å². The number of thiophene rings is 2. The van der Waals surface area contributed by atoms with E-state index in [1.165, 1.54) is 46.7 Å². The number of nitrogens with zero attached hydrogens (tertiary/aromatic N) is 1. The molecule has 27 heavy (non-hydrogen) atoms. The number of benzene rings is 1. The fourth-order valence-corrected chi connectivity index (χ4v) is 4.53. The Bertz CT molecular complexity index is 803. The highest BCUT2D eigenvalue weighted by atomic mass is 32.1. The van der Waals surface area contributed by atoms with E-state index in [2.05, 4.69) is 41.6 Å².